The molecule has 1 aliphatic heterocycles. The number of carbonyl (C=O) groups is 3. The Morgan fingerprint density at radius 1 is 0.810 bits per heavy atom. The second-order valence-corrected chi connectivity index (χ2v) is 11.1. The zero-order valence-corrected chi connectivity index (χ0v) is 25.2. The van der Waals surface area contributed by atoms with Gasteiger partial charge >= 0.3 is 6.03 Å². The van der Waals surface area contributed by atoms with E-state index in [0.29, 0.717) is 45.5 Å². The Kier molecular flexibility index (Phi) is 8.75. The SMILES string of the molecule is Cc1cc(C)cc(COc2ccc(/C=C3\C(=O)NC(=O)N(c4ccc(OCc5ccc(Cl)cc5)cc4)C3=O)cc2Br)c1. The molecule has 5 rings (SSSR count). The van der Waals surface area contributed by atoms with Crippen molar-refractivity contribution in [3.8, 4) is 11.5 Å². The van der Waals surface area contributed by atoms with E-state index < -0.39 is 17.8 Å². The molecule has 1 aliphatic rings. The maximum Gasteiger partial charge on any atom is 0.335 e. The zero-order chi connectivity index (χ0) is 29.8. The van der Waals surface area contributed by atoms with E-state index in [9.17, 15) is 14.4 Å². The number of amides is 4. The van der Waals surface area contributed by atoms with Crippen LogP contribution >= 0.6 is 27.5 Å². The van der Waals surface area contributed by atoms with Crippen LogP contribution in [0.1, 0.15) is 27.8 Å². The van der Waals surface area contributed by atoms with Crippen LogP contribution in [0.4, 0.5) is 10.5 Å². The molecule has 1 N–H and O–H groups in total. The van der Waals surface area contributed by atoms with Crippen molar-refractivity contribution in [2.24, 2.45) is 0 Å². The Morgan fingerprint density at radius 2 is 1.48 bits per heavy atom. The van der Waals surface area contributed by atoms with Crippen LogP contribution in [0.2, 0.25) is 5.02 Å². The average Bonchev–Trinajstić information content (AvgIpc) is 2.94. The van der Waals surface area contributed by atoms with Crippen molar-refractivity contribution < 1.29 is 23.9 Å². The first-order valence-corrected chi connectivity index (χ1v) is 14.2. The minimum absolute atomic E-state index is 0.173. The fourth-order valence-electron chi connectivity index (χ4n) is 4.53. The molecule has 1 heterocycles. The van der Waals surface area contributed by atoms with E-state index in [1.165, 1.54) is 6.08 Å². The van der Waals surface area contributed by atoms with Gasteiger partial charge in [-0.05, 0) is 101 Å². The average molecular weight is 646 g/mol. The highest BCUT2D eigenvalue weighted by Gasteiger charge is 2.36. The number of imide groups is 2. The first-order valence-electron chi connectivity index (χ1n) is 13.0. The molecule has 212 valence electrons. The second kappa shape index (κ2) is 12.6. The fourth-order valence-corrected chi connectivity index (χ4v) is 5.17. The highest BCUT2D eigenvalue weighted by molar-refractivity contribution is 9.10. The Bertz CT molecular complexity index is 1680. The minimum Gasteiger partial charge on any atom is -0.489 e. The molecule has 0 atom stereocenters. The summed E-state index contributed by atoms with van der Waals surface area (Å²) in [6.45, 7) is 4.80. The van der Waals surface area contributed by atoms with Crippen molar-refractivity contribution >= 4 is 57.1 Å². The van der Waals surface area contributed by atoms with Gasteiger partial charge < -0.3 is 9.47 Å². The molecule has 0 unspecified atom stereocenters. The summed E-state index contributed by atoms with van der Waals surface area (Å²) in [5, 5.41) is 2.89. The van der Waals surface area contributed by atoms with Crippen molar-refractivity contribution in [3.63, 3.8) is 0 Å². The van der Waals surface area contributed by atoms with Gasteiger partial charge in [0.15, 0.2) is 0 Å². The van der Waals surface area contributed by atoms with Crippen LogP contribution in [0, 0.1) is 13.8 Å². The first-order chi connectivity index (χ1) is 20.2. The van der Waals surface area contributed by atoms with Gasteiger partial charge in [0, 0.05) is 5.02 Å². The number of anilines is 1. The van der Waals surface area contributed by atoms with E-state index in [4.69, 9.17) is 21.1 Å². The van der Waals surface area contributed by atoms with E-state index in [-0.39, 0.29) is 5.57 Å². The number of barbiturate groups is 1. The second-order valence-electron chi connectivity index (χ2n) is 9.84. The van der Waals surface area contributed by atoms with Crippen LogP contribution in [0.3, 0.4) is 0 Å². The van der Waals surface area contributed by atoms with Gasteiger partial charge in [0.2, 0.25) is 0 Å². The predicted molar refractivity (Wildman–Crippen MR) is 166 cm³/mol. The highest BCUT2D eigenvalue weighted by Crippen LogP contribution is 2.29. The number of rotatable bonds is 8. The van der Waals surface area contributed by atoms with Crippen LogP contribution < -0.4 is 19.7 Å². The van der Waals surface area contributed by atoms with Gasteiger partial charge in [-0.2, -0.15) is 0 Å². The number of carbonyl (C=O) groups excluding carboxylic acids is 3. The molecule has 0 bridgehead atoms. The monoisotopic (exact) mass is 644 g/mol. The maximum atomic E-state index is 13.3. The fraction of sp³-hybridized carbons (Fsp3) is 0.121. The summed E-state index contributed by atoms with van der Waals surface area (Å²) in [5.74, 6) is -0.332. The lowest BCUT2D eigenvalue weighted by Gasteiger charge is -2.26. The van der Waals surface area contributed by atoms with Crippen molar-refractivity contribution in [1.29, 1.82) is 0 Å². The zero-order valence-electron chi connectivity index (χ0n) is 22.8. The summed E-state index contributed by atoms with van der Waals surface area (Å²) in [5.41, 5.74) is 5.03. The molecule has 0 aromatic heterocycles. The van der Waals surface area contributed by atoms with Gasteiger partial charge in [-0.1, -0.05) is 59.1 Å². The summed E-state index contributed by atoms with van der Waals surface area (Å²) < 4.78 is 12.4. The van der Waals surface area contributed by atoms with Crippen LogP contribution in [-0.4, -0.2) is 17.8 Å². The molecule has 1 fully saturated rings. The van der Waals surface area contributed by atoms with E-state index in [0.717, 1.165) is 27.2 Å². The number of aryl methyl sites for hydroxylation is 2. The smallest absolute Gasteiger partial charge is 0.335 e. The molecule has 4 aromatic rings. The number of hydrogen-bond donors (Lipinski definition) is 1. The Hall–Kier alpha value is -4.40. The van der Waals surface area contributed by atoms with Crippen LogP contribution in [-0.2, 0) is 22.8 Å². The van der Waals surface area contributed by atoms with E-state index in [1.54, 1.807) is 54.6 Å². The summed E-state index contributed by atoms with van der Waals surface area (Å²) in [4.78, 5) is 39.6. The van der Waals surface area contributed by atoms with Crippen LogP contribution in [0.15, 0.2) is 95.0 Å². The van der Waals surface area contributed by atoms with Crippen LogP contribution in [0.5, 0.6) is 11.5 Å². The molecule has 7 nitrogen and oxygen atoms in total. The number of halogens is 2. The van der Waals surface area contributed by atoms with Crippen LogP contribution in [0.25, 0.3) is 6.08 Å². The highest BCUT2D eigenvalue weighted by atomic mass is 79.9. The Labute approximate surface area is 256 Å². The lowest BCUT2D eigenvalue weighted by atomic mass is 10.1. The molecule has 0 saturated carbocycles. The predicted octanol–water partition coefficient (Wildman–Crippen LogP) is 7.54. The lowest BCUT2D eigenvalue weighted by Crippen LogP contribution is -2.54. The molecule has 0 radical (unpaired) electrons. The molecular weight excluding hydrogens is 620 g/mol. The maximum absolute atomic E-state index is 13.3. The number of hydrogen-bond acceptors (Lipinski definition) is 5. The third-order valence-corrected chi connectivity index (χ3v) is 7.33. The van der Waals surface area contributed by atoms with Crippen molar-refractivity contribution in [2.75, 3.05) is 4.90 Å². The number of ether oxygens (including phenoxy) is 2. The summed E-state index contributed by atoms with van der Waals surface area (Å²) in [6.07, 6.45) is 1.44. The van der Waals surface area contributed by atoms with Gasteiger partial charge in [0.1, 0.15) is 30.3 Å². The van der Waals surface area contributed by atoms with Gasteiger partial charge in [-0.25, -0.2) is 9.69 Å². The van der Waals surface area contributed by atoms with E-state index >= 15 is 0 Å². The van der Waals surface area contributed by atoms with Crippen molar-refractivity contribution in [1.82, 2.24) is 5.32 Å². The lowest BCUT2D eigenvalue weighted by molar-refractivity contribution is -0.122. The molecule has 4 amide bonds. The minimum atomic E-state index is -0.826. The molecule has 0 aliphatic carbocycles. The van der Waals surface area contributed by atoms with E-state index in [1.807, 2.05) is 26.0 Å². The molecule has 0 spiro atoms. The Balaban J connectivity index is 1.29. The molecule has 42 heavy (non-hydrogen) atoms. The molecular formula is C33H26BrClN2O5. The number of nitrogens with one attached hydrogen (secondary N) is 1. The van der Waals surface area contributed by atoms with Crippen molar-refractivity contribution in [3.05, 3.63) is 128 Å². The van der Waals surface area contributed by atoms with Gasteiger partial charge in [0.25, 0.3) is 11.8 Å². The normalized spacial score (nSPS) is 14.2. The number of nitrogens with zero attached hydrogens (tertiary/aromatic N) is 1. The number of benzene rings is 4. The largest absolute Gasteiger partial charge is 0.489 e. The molecule has 4 aromatic carbocycles. The first kappa shape index (κ1) is 29.1. The van der Waals surface area contributed by atoms with E-state index in [2.05, 4.69) is 39.4 Å². The van der Waals surface area contributed by atoms with Gasteiger partial charge in [-0.15, -0.1) is 0 Å². The standard InChI is InChI=1S/C33H26BrClN2O5/c1-20-13-21(2)15-24(14-20)19-42-30-12-5-23(17-29(30)34)16-28-31(38)36-33(40)37(32(28)39)26-8-10-27(11-9-26)41-18-22-3-6-25(35)7-4-22/h3-17H,18-19H2,1-2H3,(H,36,38,40)/b28-16+. The summed E-state index contributed by atoms with van der Waals surface area (Å²) >= 11 is 9.44. The van der Waals surface area contributed by atoms with Gasteiger partial charge in [0.05, 0.1) is 10.2 Å². The quantitative estimate of drug-likeness (QED) is 0.158. The van der Waals surface area contributed by atoms with Gasteiger partial charge in [-0.3, -0.25) is 14.9 Å². The summed E-state index contributed by atoms with van der Waals surface area (Å²) in [7, 11) is 0. The molecule has 9 heteroatoms. The third-order valence-electron chi connectivity index (χ3n) is 6.46. The third kappa shape index (κ3) is 6.90. The van der Waals surface area contributed by atoms with Crippen molar-refractivity contribution in [2.45, 2.75) is 27.1 Å². The molecule has 1 saturated heterocycles. The Morgan fingerprint density at radius 3 is 2.14 bits per heavy atom. The topological polar surface area (TPSA) is 84.9 Å². The summed E-state index contributed by atoms with van der Waals surface area (Å²) in [6, 6.07) is 24.4. The number of urea groups is 1.